The first kappa shape index (κ1) is 19.0. The van der Waals surface area contributed by atoms with Crippen LogP contribution in [0.3, 0.4) is 0 Å². The Hall–Kier alpha value is -2.38. The van der Waals surface area contributed by atoms with E-state index in [0.717, 1.165) is 11.3 Å². The molecule has 1 aliphatic rings. The van der Waals surface area contributed by atoms with Gasteiger partial charge in [-0.25, -0.2) is 0 Å². The summed E-state index contributed by atoms with van der Waals surface area (Å²) in [7, 11) is 0. The monoisotopic (exact) mass is 350 g/mol. The Balaban J connectivity index is 1.94. The lowest BCUT2D eigenvalue weighted by molar-refractivity contribution is -0.148. The van der Waals surface area contributed by atoms with E-state index in [0.29, 0.717) is 31.9 Å². The molecule has 8 nitrogen and oxygen atoms in total. The molecule has 2 rings (SSSR count). The Labute approximate surface area is 147 Å². The molecule has 8 heteroatoms. The minimum Gasteiger partial charge on any atom is -0.361 e. The van der Waals surface area contributed by atoms with Gasteiger partial charge in [-0.2, -0.15) is 0 Å². The van der Waals surface area contributed by atoms with Crippen LogP contribution in [0.2, 0.25) is 0 Å². The van der Waals surface area contributed by atoms with E-state index >= 15 is 0 Å². The smallest absolute Gasteiger partial charge is 0.312 e. The van der Waals surface area contributed by atoms with E-state index in [4.69, 9.17) is 4.52 Å². The highest BCUT2D eigenvalue weighted by Crippen LogP contribution is 2.25. The van der Waals surface area contributed by atoms with E-state index in [1.807, 2.05) is 13.8 Å². The number of aromatic nitrogens is 1. The van der Waals surface area contributed by atoms with Crippen LogP contribution in [0.15, 0.2) is 4.52 Å². The summed E-state index contributed by atoms with van der Waals surface area (Å²) in [6, 6.07) is -0.0878. The quantitative estimate of drug-likeness (QED) is 0.805. The molecule has 1 saturated heterocycles. The van der Waals surface area contributed by atoms with Crippen LogP contribution in [-0.4, -0.2) is 64.9 Å². The molecule has 0 aromatic carbocycles. The van der Waals surface area contributed by atoms with E-state index in [1.54, 1.807) is 25.7 Å². The lowest BCUT2D eigenvalue weighted by Crippen LogP contribution is -2.54. The van der Waals surface area contributed by atoms with Crippen LogP contribution in [0.25, 0.3) is 0 Å². The largest absolute Gasteiger partial charge is 0.361 e. The van der Waals surface area contributed by atoms with E-state index < -0.39 is 11.8 Å². The summed E-state index contributed by atoms with van der Waals surface area (Å²) in [5, 5.41) is 6.49. The van der Waals surface area contributed by atoms with Gasteiger partial charge in [0.05, 0.1) is 11.6 Å². The summed E-state index contributed by atoms with van der Waals surface area (Å²) in [4.78, 5) is 39.9. The maximum Gasteiger partial charge on any atom is 0.312 e. The number of piperazine rings is 1. The highest BCUT2D eigenvalue weighted by atomic mass is 16.5. The molecule has 1 N–H and O–H groups in total. The lowest BCUT2D eigenvalue weighted by atomic mass is 9.97. The van der Waals surface area contributed by atoms with Gasteiger partial charge in [-0.05, 0) is 34.6 Å². The van der Waals surface area contributed by atoms with E-state index in [1.165, 1.54) is 4.90 Å². The summed E-state index contributed by atoms with van der Waals surface area (Å²) in [6.45, 7) is 10.6. The number of aryl methyl sites for hydroxylation is 2. The molecule has 1 aromatic heterocycles. The molecular formula is C17H26N4O4. The molecule has 0 spiro atoms. The number of nitrogens with zero attached hydrogens (tertiary/aromatic N) is 3. The number of hydrogen-bond acceptors (Lipinski definition) is 5. The van der Waals surface area contributed by atoms with Crippen LogP contribution in [0.4, 0.5) is 0 Å². The zero-order chi connectivity index (χ0) is 18.7. The topological polar surface area (TPSA) is 95.8 Å². The van der Waals surface area contributed by atoms with Crippen molar-refractivity contribution in [1.29, 1.82) is 0 Å². The number of rotatable bonds is 3. The molecule has 138 valence electrons. The van der Waals surface area contributed by atoms with Gasteiger partial charge in [-0.15, -0.1) is 0 Å². The number of amides is 3. The molecule has 3 amide bonds. The van der Waals surface area contributed by atoms with Gasteiger partial charge in [0.2, 0.25) is 5.91 Å². The molecule has 1 unspecified atom stereocenters. The molecule has 0 aliphatic carbocycles. The van der Waals surface area contributed by atoms with Crippen molar-refractivity contribution in [3.8, 4) is 0 Å². The van der Waals surface area contributed by atoms with Gasteiger partial charge in [0.15, 0.2) is 0 Å². The Kier molecular flexibility index (Phi) is 5.81. The first-order valence-corrected chi connectivity index (χ1v) is 8.53. The summed E-state index contributed by atoms with van der Waals surface area (Å²) in [5.41, 5.74) is 1.54. The van der Waals surface area contributed by atoms with Crippen molar-refractivity contribution in [2.24, 2.45) is 0 Å². The van der Waals surface area contributed by atoms with Gasteiger partial charge in [0.25, 0.3) is 0 Å². The van der Waals surface area contributed by atoms with Gasteiger partial charge >= 0.3 is 11.8 Å². The lowest BCUT2D eigenvalue weighted by Gasteiger charge is -2.35. The van der Waals surface area contributed by atoms with E-state index in [9.17, 15) is 14.4 Å². The SMILES string of the molecule is Cc1noc(C)c1C(C)C(=O)N1CCN(C(=O)C(=O)NC(C)C)CC1. The molecule has 1 aliphatic heterocycles. The van der Waals surface area contributed by atoms with Crippen LogP contribution in [0.5, 0.6) is 0 Å². The van der Waals surface area contributed by atoms with Gasteiger partial charge < -0.3 is 19.6 Å². The van der Waals surface area contributed by atoms with E-state index in [-0.39, 0.29) is 17.9 Å². The van der Waals surface area contributed by atoms with Gasteiger partial charge in [0, 0.05) is 37.8 Å². The maximum absolute atomic E-state index is 12.7. The second kappa shape index (κ2) is 7.67. The molecule has 1 fully saturated rings. The second-order valence-corrected chi connectivity index (χ2v) is 6.71. The average molecular weight is 350 g/mol. The highest BCUT2D eigenvalue weighted by Gasteiger charge is 2.31. The predicted octanol–water partition coefficient (Wildman–Crippen LogP) is 0.590. The van der Waals surface area contributed by atoms with Crippen molar-refractivity contribution >= 4 is 17.7 Å². The summed E-state index contributed by atoms with van der Waals surface area (Å²) in [5.74, 6) is -0.859. The molecule has 0 saturated carbocycles. The molecule has 2 heterocycles. The van der Waals surface area contributed by atoms with Crippen molar-refractivity contribution in [1.82, 2.24) is 20.3 Å². The zero-order valence-electron chi connectivity index (χ0n) is 15.5. The van der Waals surface area contributed by atoms with Crippen molar-refractivity contribution in [3.05, 3.63) is 17.0 Å². The third kappa shape index (κ3) is 4.18. The Morgan fingerprint density at radius 3 is 2.08 bits per heavy atom. The third-order valence-electron chi connectivity index (χ3n) is 4.38. The average Bonchev–Trinajstić information content (AvgIpc) is 2.91. The minimum atomic E-state index is -0.598. The van der Waals surface area contributed by atoms with Crippen molar-refractivity contribution in [2.45, 2.75) is 46.6 Å². The van der Waals surface area contributed by atoms with Gasteiger partial charge in [-0.3, -0.25) is 14.4 Å². The normalized spacial score (nSPS) is 16.1. The van der Waals surface area contributed by atoms with Crippen LogP contribution in [-0.2, 0) is 14.4 Å². The number of carbonyl (C=O) groups excluding carboxylic acids is 3. The maximum atomic E-state index is 12.7. The number of hydrogen-bond donors (Lipinski definition) is 1. The van der Waals surface area contributed by atoms with Crippen molar-refractivity contribution in [2.75, 3.05) is 26.2 Å². The van der Waals surface area contributed by atoms with Crippen molar-refractivity contribution < 1.29 is 18.9 Å². The van der Waals surface area contributed by atoms with E-state index in [2.05, 4.69) is 10.5 Å². The standard InChI is InChI=1S/C17H26N4O4/c1-10(2)18-15(22)17(24)21-8-6-20(7-9-21)16(23)11(3)14-12(4)19-25-13(14)5/h10-11H,6-9H2,1-5H3,(H,18,22). The number of nitrogens with one attached hydrogen (secondary N) is 1. The fraction of sp³-hybridized carbons (Fsp3) is 0.647. The molecule has 1 aromatic rings. The third-order valence-corrected chi connectivity index (χ3v) is 4.38. The number of carbonyl (C=O) groups is 3. The summed E-state index contributed by atoms with van der Waals surface area (Å²) < 4.78 is 5.14. The summed E-state index contributed by atoms with van der Waals surface area (Å²) in [6.07, 6.45) is 0. The zero-order valence-corrected chi connectivity index (χ0v) is 15.5. The molecule has 1 atom stereocenters. The predicted molar refractivity (Wildman–Crippen MR) is 90.8 cm³/mol. The summed E-state index contributed by atoms with van der Waals surface area (Å²) >= 11 is 0. The van der Waals surface area contributed by atoms with Crippen LogP contribution in [0.1, 0.15) is 43.7 Å². The fourth-order valence-electron chi connectivity index (χ4n) is 3.10. The molecule has 0 radical (unpaired) electrons. The van der Waals surface area contributed by atoms with Gasteiger partial charge in [-0.1, -0.05) is 5.16 Å². The Morgan fingerprint density at radius 1 is 1.04 bits per heavy atom. The van der Waals surface area contributed by atoms with Gasteiger partial charge in [0.1, 0.15) is 5.76 Å². The second-order valence-electron chi connectivity index (χ2n) is 6.71. The first-order valence-electron chi connectivity index (χ1n) is 8.53. The molecular weight excluding hydrogens is 324 g/mol. The van der Waals surface area contributed by atoms with Crippen LogP contribution in [0, 0.1) is 13.8 Å². The Bertz CT molecular complexity index is 640. The first-order chi connectivity index (χ1) is 11.7. The van der Waals surface area contributed by atoms with Crippen LogP contribution >= 0.6 is 0 Å². The molecule has 25 heavy (non-hydrogen) atoms. The van der Waals surface area contributed by atoms with Crippen molar-refractivity contribution in [3.63, 3.8) is 0 Å². The molecule has 0 bridgehead atoms. The Morgan fingerprint density at radius 2 is 1.60 bits per heavy atom. The fourth-order valence-corrected chi connectivity index (χ4v) is 3.10. The van der Waals surface area contributed by atoms with Crippen LogP contribution < -0.4 is 5.32 Å². The highest BCUT2D eigenvalue weighted by molar-refractivity contribution is 6.35. The minimum absolute atomic E-state index is 0.0202.